The first-order chi connectivity index (χ1) is 14.1. The van der Waals surface area contributed by atoms with Gasteiger partial charge in [-0.05, 0) is 70.1 Å². The van der Waals surface area contributed by atoms with Crippen LogP contribution in [0.25, 0.3) is 0 Å². The summed E-state index contributed by atoms with van der Waals surface area (Å²) in [7, 11) is 0. The molecule has 6 aliphatic rings. The van der Waals surface area contributed by atoms with E-state index in [0.29, 0.717) is 42.9 Å². The maximum absolute atomic E-state index is 14.2. The summed E-state index contributed by atoms with van der Waals surface area (Å²) in [5.74, 6) is 1.00. The van der Waals surface area contributed by atoms with Gasteiger partial charge in [-0.25, -0.2) is 4.39 Å². The van der Waals surface area contributed by atoms with Crippen LogP contribution in [0.3, 0.4) is 0 Å². The van der Waals surface area contributed by atoms with Gasteiger partial charge < -0.3 is 19.5 Å². The molecule has 2 aliphatic carbocycles. The molecule has 0 aromatic heterocycles. The maximum atomic E-state index is 14.2. The zero-order valence-corrected chi connectivity index (χ0v) is 18.0. The molecule has 1 spiro atoms. The maximum Gasteiger partial charge on any atom is 0.101 e. The van der Waals surface area contributed by atoms with Crippen LogP contribution in [0.1, 0.15) is 58.3 Å². The summed E-state index contributed by atoms with van der Waals surface area (Å²) >= 11 is 0. The predicted octanol–water partition coefficient (Wildman–Crippen LogP) is 2.92. The van der Waals surface area contributed by atoms with Crippen LogP contribution in [0.2, 0.25) is 0 Å². The van der Waals surface area contributed by atoms with Gasteiger partial charge in [0.15, 0.2) is 0 Å². The number of nitrogens with zero attached hydrogens (tertiary/aromatic N) is 1. The number of rotatable bonds is 0. The molecule has 166 valence electrons. The summed E-state index contributed by atoms with van der Waals surface area (Å²) in [5.41, 5.74) is 0.00384. The predicted molar refractivity (Wildman–Crippen MR) is 110 cm³/mol. The molecule has 6 unspecified atom stereocenters. The van der Waals surface area contributed by atoms with E-state index in [9.17, 15) is 4.39 Å². The van der Waals surface area contributed by atoms with Crippen LogP contribution in [0.15, 0.2) is 0 Å². The number of nitrogens with one attached hydrogen (secondary N) is 1. The molecule has 4 saturated heterocycles. The van der Waals surface area contributed by atoms with Crippen molar-refractivity contribution < 1.29 is 18.6 Å². The van der Waals surface area contributed by atoms with Gasteiger partial charge in [-0.15, -0.1) is 0 Å². The third-order valence-electron chi connectivity index (χ3n) is 8.61. The van der Waals surface area contributed by atoms with Crippen molar-refractivity contribution in [3.63, 3.8) is 0 Å². The molecule has 0 amide bonds. The fraction of sp³-hybridized carbons (Fsp3) is 1.00. The van der Waals surface area contributed by atoms with Gasteiger partial charge in [-0.2, -0.15) is 0 Å². The molecule has 2 bridgehead atoms. The quantitative estimate of drug-likeness (QED) is 0.665. The van der Waals surface area contributed by atoms with Crippen molar-refractivity contribution in [3.05, 3.63) is 0 Å². The Balaban J connectivity index is 1.35. The first-order valence-corrected chi connectivity index (χ1v) is 12.1. The molecule has 4 aliphatic heterocycles. The lowest BCUT2D eigenvalue weighted by molar-refractivity contribution is -0.0619. The highest BCUT2D eigenvalue weighted by Crippen LogP contribution is 2.42. The van der Waals surface area contributed by atoms with Crippen molar-refractivity contribution in [2.24, 2.45) is 11.8 Å². The van der Waals surface area contributed by atoms with E-state index in [0.717, 1.165) is 65.2 Å². The molecular weight excluding hydrogens is 371 g/mol. The summed E-state index contributed by atoms with van der Waals surface area (Å²) < 4.78 is 33.2. The first-order valence-electron chi connectivity index (χ1n) is 12.1. The zero-order valence-electron chi connectivity index (χ0n) is 18.0. The summed E-state index contributed by atoms with van der Waals surface area (Å²) in [6.07, 6.45) is 7.89. The van der Waals surface area contributed by atoms with E-state index < -0.39 is 6.17 Å². The van der Waals surface area contributed by atoms with E-state index >= 15 is 0 Å². The van der Waals surface area contributed by atoms with Gasteiger partial charge in [0.05, 0.1) is 50.2 Å². The smallest absolute Gasteiger partial charge is 0.101 e. The number of hydrogen-bond acceptors (Lipinski definition) is 5. The number of alkyl halides is 1. The fourth-order valence-corrected chi connectivity index (χ4v) is 7.11. The molecule has 1 N–H and O–H groups in total. The molecule has 6 fully saturated rings. The Morgan fingerprint density at radius 1 is 1.03 bits per heavy atom. The third-order valence-corrected chi connectivity index (χ3v) is 8.61. The van der Waals surface area contributed by atoms with Gasteiger partial charge >= 0.3 is 0 Å². The average molecular weight is 411 g/mol. The highest BCUT2D eigenvalue weighted by molar-refractivity contribution is 5.10. The second kappa shape index (κ2) is 8.70. The molecule has 4 heterocycles. The Kier molecular flexibility index (Phi) is 6.18. The van der Waals surface area contributed by atoms with Crippen LogP contribution in [0, 0.1) is 11.8 Å². The highest BCUT2D eigenvalue weighted by Gasteiger charge is 2.52. The SMILES string of the molecule is CC1CC2(COCCN2)C2COC3CCC(CC3)C3CC(F)CCC3OCCN12. The lowest BCUT2D eigenvalue weighted by Gasteiger charge is -2.42. The fourth-order valence-electron chi connectivity index (χ4n) is 7.11. The first kappa shape index (κ1) is 20.6. The van der Waals surface area contributed by atoms with Gasteiger partial charge in [0.2, 0.25) is 0 Å². The molecule has 29 heavy (non-hydrogen) atoms. The van der Waals surface area contributed by atoms with Gasteiger partial charge in [-0.1, -0.05) is 0 Å². The van der Waals surface area contributed by atoms with Crippen molar-refractivity contribution in [2.45, 2.75) is 94.3 Å². The molecule has 0 aromatic carbocycles. The van der Waals surface area contributed by atoms with Gasteiger partial charge in [0, 0.05) is 19.1 Å². The van der Waals surface area contributed by atoms with Gasteiger partial charge in [-0.3, -0.25) is 4.90 Å². The summed E-state index contributed by atoms with van der Waals surface area (Å²) in [6, 6.07) is 0.817. The molecule has 6 atom stereocenters. The van der Waals surface area contributed by atoms with Crippen molar-refractivity contribution in [1.82, 2.24) is 10.2 Å². The molecular formula is C23H39FN2O3. The summed E-state index contributed by atoms with van der Waals surface area (Å²) in [4.78, 5) is 2.60. The van der Waals surface area contributed by atoms with E-state index in [1.165, 1.54) is 12.8 Å². The lowest BCUT2D eigenvalue weighted by atomic mass is 9.71. The molecule has 5 nitrogen and oxygen atoms in total. The number of ether oxygens (including phenoxy) is 3. The number of morpholine rings is 1. The zero-order chi connectivity index (χ0) is 19.8. The summed E-state index contributed by atoms with van der Waals surface area (Å²) in [5, 5.41) is 3.81. The summed E-state index contributed by atoms with van der Waals surface area (Å²) in [6.45, 7) is 7.27. The Morgan fingerprint density at radius 3 is 2.69 bits per heavy atom. The lowest BCUT2D eigenvalue weighted by Crippen LogP contribution is -2.63. The molecule has 6 rings (SSSR count). The second-order valence-electron chi connectivity index (χ2n) is 10.3. The largest absolute Gasteiger partial charge is 0.378 e. The van der Waals surface area contributed by atoms with Crippen molar-refractivity contribution in [1.29, 1.82) is 0 Å². The van der Waals surface area contributed by atoms with Crippen LogP contribution >= 0.6 is 0 Å². The van der Waals surface area contributed by atoms with E-state index in [-0.39, 0.29) is 11.6 Å². The van der Waals surface area contributed by atoms with Crippen LogP contribution in [0.4, 0.5) is 4.39 Å². The monoisotopic (exact) mass is 410 g/mol. The minimum Gasteiger partial charge on any atom is -0.378 e. The van der Waals surface area contributed by atoms with Crippen LogP contribution in [-0.2, 0) is 14.2 Å². The Bertz CT molecular complexity index is 550. The van der Waals surface area contributed by atoms with Gasteiger partial charge in [0.25, 0.3) is 0 Å². The molecule has 2 saturated carbocycles. The molecule has 0 aromatic rings. The van der Waals surface area contributed by atoms with E-state index in [1.54, 1.807) is 0 Å². The van der Waals surface area contributed by atoms with E-state index in [1.807, 2.05) is 0 Å². The topological polar surface area (TPSA) is 43.0 Å². The van der Waals surface area contributed by atoms with Crippen molar-refractivity contribution in [2.75, 3.05) is 39.5 Å². The average Bonchev–Trinajstić information content (AvgIpc) is 2.99. The Hall–Kier alpha value is -0.270. The number of fused-ring (bicyclic) bond motifs is 5. The van der Waals surface area contributed by atoms with Crippen molar-refractivity contribution in [3.8, 4) is 0 Å². The van der Waals surface area contributed by atoms with Crippen LogP contribution in [-0.4, -0.2) is 80.4 Å². The van der Waals surface area contributed by atoms with Crippen molar-refractivity contribution >= 4 is 0 Å². The van der Waals surface area contributed by atoms with Gasteiger partial charge in [0.1, 0.15) is 6.17 Å². The standard InChI is InChI=1S/C23H39FN2O3/c1-16-13-23(15-27-10-8-25-23)22-14-29-19-5-2-17(3-6-19)20-12-18(24)4-7-21(20)28-11-9-26(16)22/h16-22,25H,2-15H2,1H3. The van der Waals surface area contributed by atoms with E-state index in [4.69, 9.17) is 14.2 Å². The number of halogens is 1. The Morgan fingerprint density at radius 2 is 1.90 bits per heavy atom. The minimum absolute atomic E-state index is 0.00384. The minimum atomic E-state index is -0.635. The molecule has 6 heteroatoms. The Labute approximate surface area is 175 Å². The van der Waals surface area contributed by atoms with E-state index in [2.05, 4.69) is 17.1 Å². The molecule has 0 radical (unpaired) electrons. The normalized spacial score (nSPS) is 49.7. The van der Waals surface area contributed by atoms with Crippen LogP contribution < -0.4 is 5.32 Å². The number of hydrogen-bond donors (Lipinski definition) is 1. The second-order valence-corrected chi connectivity index (χ2v) is 10.3. The highest BCUT2D eigenvalue weighted by atomic mass is 19.1. The third kappa shape index (κ3) is 4.12. The van der Waals surface area contributed by atoms with Crippen LogP contribution in [0.5, 0.6) is 0 Å².